The summed E-state index contributed by atoms with van der Waals surface area (Å²) in [5, 5.41) is 12.0. The van der Waals surface area contributed by atoms with E-state index in [1.807, 2.05) is 24.4 Å². The lowest BCUT2D eigenvalue weighted by Gasteiger charge is -2.23. The number of nitriles is 1. The van der Waals surface area contributed by atoms with E-state index in [4.69, 9.17) is 10.00 Å². The summed E-state index contributed by atoms with van der Waals surface area (Å²) in [5.74, 6) is 0.0140. The Labute approximate surface area is 201 Å². The highest BCUT2D eigenvalue weighted by Crippen LogP contribution is 2.20. The lowest BCUT2D eigenvalue weighted by Crippen LogP contribution is -2.30. The first-order valence-corrected chi connectivity index (χ1v) is 11.5. The number of carbonyl (C=O) groups excluding carboxylic acids is 1. The highest BCUT2D eigenvalue weighted by atomic mass is 32.1. The van der Waals surface area contributed by atoms with Crippen LogP contribution in [0.4, 0.5) is 4.39 Å². The highest BCUT2D eigenvalue weighted by molar-refractivity contribution is 7.09. The summed E-state index contributed by atoms with van der Waals surface area (Å²) >= 11 is 1.56. The number of ether oxygens (including phenoxy) is 1. The zero-order chi connectivity index (χ0) is 23.9. The third-order valence-electron chi connectivity index (χ3n) is 5.14. The molecule has 170 valence electrons. The molecule has 7 heteroatoms. The summed E-state index contributed by atoms with van der Waals surface area (Å²) < 4.78 is 19.6. The zero-order valence-corrected chi connectivity index (χ0v) is 19.4. The molecule has 3 aromatic carbocycles. The first kappa shape index (κ1) is 23.1. The van der Waals surface area contributed by atoms with Crippen LogP contribution in [0.1, 0.15) is 37.7 Å². The van der Waals surface area contributed by atoms with Crippen molar-refractivity contribution in [3.8, 4) is 11.8 Å². The molecule has 0 aliphatic rings. The van der Waals surface area contributed by atoms with Crippen LogP contribution in [0.2, 0.25) is 0 Å². The summed E-state index contributed by atoms with van der Waals surface area (Å²) in [5.41, 5.74) is 3.42. The standard InChI is InChI=1S/C27H22FN3O2S/c1-19-30-25(18-34-19)17-33-26-7-3-5-23(13-26)27(32)31(16-22-4-2-6-24(28)12-22)15-21-10-8-20(14-29)9-11-21/h2-13,18H,15-17H2,1H3. The quantitative estimate of drug-likeness (QED) is 0.322. The number of hydrogen-bond acceptors (Lipinski definition) is 5. The van der Waals surface area contributed by atoms with Crippen LogP contribution < -0.4 is 4.74 Å². The van der Waals surface area contributed by atoms with Crippen LogP contribution in [0.25, 0.3) is 0 Å². The van der Waals surface area contributed by atoms with Crippen LogP contribution >= 0.6 is 11.3 Å². The van der Waals surface area contributed by atoms with E-state index in [1.54, 1.807) is 64.8 Å². The molecule has 0 fully saturated rings. The van der Waals surface area contributed by atoms with Gasteiger partial charge in [-0.25, -0.2) is 9.37 Å². The van der Waals surface area contributed by atoms with E-state index in [-0.39, 0.29) is 18.3 Å². The molecule has 5 nitrogen and oxygen atoms in total. The molecule has 0 unspecified atom stereocenters. The van der Waals surface area contributed by atoms with Crippen LogP contribution in [0.5, 0.6) is 5.75 Å². The minimum Gasteiger partial charge on any atom is -0.487 e. The number of benzene rings is 3. The fourth-order valence-corrected chi connectivity index (χ4v) is 4.09. The molecule has 0 spiro atoms. The number of carbonyl (C=O) groups is 1. The fourth-order valence-electron chi connectivity index (χ4n) is 3.49. The van der Waals surface area contributed by atoms with Crippen LogP contribution in [0, 0.1) is 24.1 Å². The van der Waals surface area contributed by atoms with Crippen molar-refractivity contribution in [1.29, 1.82) is 5.26 Å². The average Bonchev–Trinajstić information content (AvgIpc) is 3.27. The van der Waals surface area contributed by atoms with E-state index in [0.29, 0.717) is 35.6 Å². The second-order valence-electron chi connectivity index (χ2n) is 7.77. The van der Waals surface area contributed by atoms with Crippen LogP contribution in [0.15, 0.2) is 78.2 Å². The van der Waals surface area contributed by atoms with Crippen molar-refractivity contribution >= 4 is 17.2 Å². The number of aryl methyl sites for hydroxylation is 1. The van der Waals surface area contributed by atoms with Crippen molar-refractivity contribution in [1.82, 2.24) is 9.88 Å². The number of rotatable bonds is 8. The third kappa shape index (κ3) is 6.06. The zero-order valence-electron chi connectivity index (χ0n) is 18.6. The number of amides is 1. The normalized spacial score (nSPS) is 10.5. The first-order chi connectivity index (χ1) is 16.5. The molecule has 0 aliphatic carbocycles. The molecular weight excluding hydrogens is 449 g/mol. The maximum absolute atomic E-state index is 13.8. The van der Waals surface area contributed by atoms with E-state index in [0.717, 1.165) is 16.3 Å². The Morgan fingerprint density at radius 3 is 2.53 bits per heavy atom. The van der Waals surface area contributed by atoms with Gasteiger partial charge in [0.2, 0.25) is 0 Å². The second kappa shape index (κ2) is 10.7. The summed E-state index contributed by atoms with van der Waals surface area (Å²) in [6.07, 6.45) is 0. The number of halogens is 1. The minimum atomic E-state index is -0.351. The minimum absolute atomic E-state index is 0.205. The van der Waals surface area contributed by atoms with Crippen LogP contribution in [0.3, 0.4) is 0 Å². The third-order valence-corrected chi connectivity index (χ3v) is 5.96. The largest absolute Gasteiger partial charge is 0.487 e. The summed E-state index contributed by atoms with van der Waals surface area (Å²) in [7, 11) is 0. The molecule has 34 heavy (non-hydrogen) atoms. The van der Waals surface area contributed by atoms with Gasteiger partial charge < -0.3 is 9.64 Å². The Balaban J connectivity index is 1.55. The molecule has 0 radical (unpaired) electrons. The van der Waals surface area contributed by atoms with Gasteiger partial charge in [0.25, 0.3) is 5.91 Å². The number of nitrogens with zero attached hydrogens (tertiary/aromatic N) is 3. The van der Waals surface area contributed by atoms with Crippen molar-refractivity contribution in [2.75, 3.05) is 0 Å². The summed E-state index contributed by atoms with van der Waals surface area (Å²) in [6.45, 7) is 2.80. The lowest BCUT2D eigenvalue weighted by molar-refractivity contribution is 0.0729. The van der Waals surface area contributed by atoms with Crippen molar-refractivity contribution < 1.29 is 13.9 Å². The molecule has 1 amide bonds. The fraction of sp³-hybridized carbons (Fsp3) is 0.148. The van der Waals surface area contributed by atoms with Gasteiger partial charge in [0.05, 0.1) is 22.3 Å². The van der Waals surface area contributed by atoms with Gasteiger partial charge in [0, 0.05) is 24.0 Å². The molecule has 1 heterocycles. The SMILES string of the molecule is Cc1nc(COc2cccc(C(=O)N(Cc3ccc(C#N)cc3)Cc3cccc(F)c3)c2)cs1. The Morgan fingerprint density at radius 2 is 1.82 bits per heavy atom. The summed E-state index contributed by atoms with van der Waals surface area (Å²) in [6, 6.07) is 22.4. The molecule has 0 atom stereocenters. The topological polar surface area (TPSA) is 66.2 Å². The Kier molecular flexibility index (Phi) is 7.31. The van der Waals surface area contributed by atoms with E-state index < -0.39 is 0 Å². The Bertz CT molecular complexity index is 1330. The molecule has 0 saturated heterocycles. The number of hydrogen-bond donors (Lipinski definition) is 0. The van der Waals surface area contributed by atoms with Gasteiger partial charge in [-0.15, -0.1) is 11.3 Å². The lowest BCUT2D eigenvalue weighted by atomic mass is 10.1. The van der Waals surface area contributed by atoms with E-state index in [2.05, 4.69) is 11.1 Å². The molecular formula is C27H22FN3O2S. The van der Waals surface area contributed by atoms with Crippen molar-refractivity contribution in [3.05, 3.63) is 117 Å². The van der Waals surface area contributed by atoms with Crippen molar-refractivity contribution in [3.63, 3.8) is 0 Å². The molecule has 0 N–H and O–H groups in total. The van der Waals surface area contributed by atoms with E-state index in [9.17, 15) is 9.18 Å². The monoisotopic (exact) mass is 471 g/mol. The molecule has 1 aromatic heterocycles. The first-order valence-electron chi connectivity index (χ1n) is 10.7. The second-order valence-corrected chi connectivity index (χ2v) is 8.84. The van der Waals surface area contributed by atoms with Gasteiger partial charge in [0.1, 0.15) is 18.2 Å². The van der Waals surface area contributed by atoms with Gasteiger partial charge in [-0.3, -0.25) is 4.79 Å². The number of thiazole rings is 1. The molecule has 4 aromatic rings. The summed E-state index contributed by atoms with van der Waals surface area (Å²) in [4.78, 5) is 19.5. The number of aromatic nitrogens is 1. The molecule has 4 rings (SSSR count). The van der Waals surface area contributed by atoms with Gasteiger partial charge in [-0.2, -0.15) is 5.26 Å². The van der Waals surface area contributed by atoms with Gasteiger partial charge in [0.15, 0.2) is 0 Å². The van der Waals surface area contributed by atoms with Crippen LogP contribution in [-0.2, 0) is 19.7 Å². The highest BCUT2D eigenvalue weighted by Gasteiger charge is 2.18. The smallest absolute Gasteiger partial charge is 0.254 e. The van der Waals surface area contributed by atoms with Gasteiger partial charge in [-0.1, -0.05) is 30.3 Å². The van der Waals surface area contributed by atoms with E-state index in [1.165, 1.54) is 12.1 Å². The molecule has 0 saturated carbocycles. The Morgan fingerprint density at radius 1 is 1.06 bits per heavy atom. The van der Waals surface area contributed by atoms with Gasteiger partial charge in [-0.05, 0) is 60.5 Å². The average molecular weight is 472 g/mol. The predicted molar refractivity (Wildman–Crippen MR) is 129 cm³/mol. The van der Waals surface area contributed by atoms with Crippen molar-refractivity contribution in [2.24, 2.45) is 0 Å². The van der Waals surface area contributed by atoms with Crippen molar-refractivity contribution in [2.45, 2.75) is 26.6 Å². The van der Waals surface area contributed by atoms with Crippen LogP contribution in [-0.4, -0.2) is 15.8 Å². The van der Waals surface area contributed by atoms with Gasteiger partial charge >= 0.3 is 0 Å². The Hall–Kier alpha value is -4.02. The maximum Gasteiger partial charge on any atom is 0.254 e. The molecule has 0 aliphatic heterocycles. The van der Waals surface area contributed by atoms with E-state index >= 15 is 0 Å². The predicted octanol–water partition coefficient (Wildman–Crippen LogP) is 5.88. The molecule has 0 bridgehead atoms. The maximum atomic E-state index is 13.8.